The number of carboxylic acid groups (broad SMARTS) is 1. The van der Waals surface area contributed by atoms with Gasteiger partial charge < -0.3 is 21.1 Å². The lowest BCUT2D eigenvalue weighted by atomic mass is 10.0. The molecule has 0 saturated carbocycles. The van der Waals surface area contributed by atoms with Crippen molar-refractivity contribution in [2.24, 2.45) is 0 Å². The molecule has 4 N–H and O–H groups in total. The number of anilines is 1. The summed E-state index contributed by atoms with van der Waals surface area (Å²) in [5.74, 6) is -1.46. The molecule has 3 rings (SSSR count). The van der Waals surface area contributed by atoms with Crippen LogP contribution in [0.3, 0.4) is 0 Å². The summed E-state index contributed by atoms with van der Waals surface area (Å²) in [7, 11) is 0. The number of rotatable bonds is 7. The molecule has 3 aromatic rings. The maximum atomic E-state index is 12.6. The Kier molecular flexibility index (Phi) is 8.74. The molecule has 0 fully saturated rings. The van der Waals surface area contributed by atoms with Crippen molar-refractivity contribution in [2.45, 2.75) is 16.4 Å². The normalized spacial score (nSPS) is 11.9. The standard InChI is InChI=1S/C24H20Cl3N3O3S/c25-24(26,27)22(30-23(34)28-19-8-4-7-18(14-19)21(32)33)29-20(31)13-15-9-11-17(12-10-15)16-5-2-1-3-6-16/h1-12,14,22H,13H2,(H,29,31)(H,32,33)(H2,28,30,34). The number of hydrogen-bond acceptors (Lipinski definition) is 3. The molecule has 0 aromatic heterocycles. The van der Waals surface area contributed by atoms with Crippen LogP contribution >= 0.6 is 47.0 Å². The number of hydrogen-bond donors (Lipinski definition) is 4. The van der Waals surface area contributed by atoms with Crippen LogP contribution in [0.15, 0.2) is 78.9 Å². The first-order valence-corrected chi connectivity index (χ1v) is 11.6. The first-order chi connectivity index (χ1) is 16.1. The minimum Gasteiger partial charge on any atom is -0.478 e. The summed E-state index contributed by atoms with van der Waals surface area (Å²) in [6.07, 6.45) is -1.08. The minimum absolute atomic E-state index is 0.0337. The number of carbonyl (C=O) groups excluding carboxylic acids is 1. The molecule has 0 aliphatic rings. The quantitative estimate of drug-likeness (QED) is 0.184. The number of amides is 1. The van der Waals surface area contributed by atoms with E-state index >= 15 is 0 Å². The van der Waals surface area contributed by atoms with Crippen LogP contribution in [0.5, 0.6) is 0 Å². The van der Waals surface area contributed by atoms with E-state index in [2.05, 4.69) is 16.0 Å². The Bertz CT molecular complexity index is 1170. The van der Waals surface area contributed by atoms with Crippen molar-refractivity contribution < 1.29 is 14.7 Å². The van der Waals surface area contributed by atoms with Gasteiger partial charge in [0.25, 0.3) is 0 Å². The Labute approximate surface area is 217 Å². The lowest BCUT2D eigenvalue weighted by molar-refractivity contribution is -0.121. The lowest BCUT2D eigenvalue weighted by Gasteiger charge is -2.28. The first kappa shape index (κ1) is 25.8. The molecule has 1 atom stereocenters. The van der Waals surface area contributed by atoms with Crippen LogP contribution in [-0.2, 0) is 11.2 Å². The van der Waals surface area contributed by atoms with E-state index in [-0.39, 0.29) is 23.0 Å². The predicted molar refractivity (Wildman–Crippen MR) is 141 cm³/mol. The molecule has 0 saturated heterocycles. The zero-order chi connectivity index (χ0) is 24.7. The van der Waals surface area contributed by atoms with Crippen molar-refractivity contribution in [3.8, 4) is 11.1 Å². The molecule has 0 spiro atoms. The molecule has 0 bridgehead atoms. The van der Waals surface area contributed by atoms with Crippen molar-refractivity contribution >= 4 is 69.7 Å². The summed E-state index contributed by atoms with van der Waals surface area (Å²) in [4.78, 5) is 23.8. The molecule has 10 heteroatoms. The number of benzene rings is 3. The third kappa shape index (κ3) is 7.60. The van der Waals surface area contributed by atoms with E-state index in [1.165, 1.54) is 12.1 Å². The van der Waals surface area contributed by atoms with Crippen molar-refractivity contribution in [3.05, 3.63) is 90.0 Å². The van der Waals surface area contributed by atoms with E-state index in [1.807, 2.05) is 54.6 Å². The highest BCUT2D eigenvalue weighted by Crippen LogP contribution is 2.29. The molecule has 6 nitrogen and oxygen atoms in total. The van der Waals surface area contributed by atoms with Gasteiger partial charge in [0.15, 0.2) is 5.11 Å². The van der Waals surface area contributed by atoms with Gasteiger partial charge in [-0.15, -0.1) is 0 Å². The van der Waals surface area contributed by atoms with E-state index in [1.54, 1.807) is 12.1 Å². The summed E-state index contributed by atoms with van der Waals surface area (Å²) in [5.41, 5.74) is 3.40. The van der Waals surface area contributed by atoms with Crippen LogP contribution in [0.25, 0.3) is 11.1 Å². The fourth-order valence-corrected chi connectivity index (χ4v) is 3.63. The Balaban J connectivity index is 1.61. The van der Waals surface area contributed by atoms with Gasteiger partial charge in [0.05, 0.1) is 12.0 Å². The zero-order valence-corrected chi connectivity index (χ0v) is 20.7. The molecule has 1 unspecified atom stereocenters. The van der Waals surface area contributed by atoms with Crippen LogP contribution in [0.2, 0.25) is 0 Å². The van der Waals surface area contributed by atoms with Gasteiger partial charge in [-0.25, -0.2) is 4.79 Å². The van der Waals surface area contributed by atoms with Gasteiger partial charge in [-0.2, -0.15) is 0 Å². The lowest BCUT2D eigenvalue weighted by Crippen LogP contribution is -2.56. The van der Waals surface area contributed by atoms with E-state index in [0.717, 1.165) is 16.7 Å². The summed E-state index contributed by atoms with van der Waals surface area (Å²) >= 11 is 23.3. The Morgan fingerprint density at radius 2 is 1.53 bits per heavy atom. The topological polar surface area (TPSA) is 90.5 Å². The number of thiocarbonyl (C=S) groups is 1. The third-order valence-corrected chi connectivity index (χ3v) is 5.58. The van der Waals surface area contributed by atoms with Crippen LogP contribution in [-0.4, -0.2) is 32.1 Å². The highest BCUT2D eigenvalue weighted by molar-refractivity contribution is 7.80. The Morgan fingerprint density at radius 3 is 2.15 bits per heavy atom. The smallest absolute Gasteiger partial charge is 0.335 e. The van der Waals surface area contributed by atoms with Crippen molar-refractivity contribution in [1.82, 2.24) is 10.6 Å². The number of carbonyl (C=O) groups is 2. The number of alkyl halides is 3. The van der Waals surface area contributed by atoms with Gasteiger partial charge in [0.2, 0.25) is 9.70 Å². The summed E-state index contributed by atoms with van der Waals surface area (Å²) < 4.78 is -1.92. The van der Waals surface area contributed by atoms with Crippen LogP contribution < -0.4 is 16.0 Å². The fourth-order valence-electron chi connectivity index (χ4n) is 3.07. The van der Waals surface area contributed by atoms with Gasteiger partial charge in [0, 0.05) is 5.69 Å². The minimum atomic E-state index is -1.92. The van der Waals surface area contributed by atoms with E-state index in [0.29, 0.717) is 5.69 Å². The van der Waals surface area contributed by atoms with Crippen LogP contribution in [0, 0.1) is 0 Å². The molecular weight excluding hydrogens is 517 g/mol. The van der Waals surface area contributed by atoms with E-state index in [4.69, 9.17) is 52.1 Å². The highest BCUT2D eigenvalue weighted by atomic mass is 35.6. The zero-order valence-electron chi connectivity index (χ0n) is 17.6. The molecule has 0 aliphatic carbocycles. The van der Waals surface area contributed by atoms with E-state index in [9.17, 15) is 9.59 Å². The molecule has 0 heterocycles. The molecule has 0 aliphatic heterocycles. The maximum Gasteiger partial charge on any atom is 0.335 e. The van der Waals surface area contributed by atoms with Gasteiger partial charge >= 0.3 is 5.97 Å². The van der Waals surface area contributed by atoms with Crippen LogP contribution in [0.1, 0.15) is 15.9 Å². The monoisotopic (exact) mass is 535 g/mol. The molecule has 1 amide bonds. The summed E-state index contributed by atoms with van der Waals surface area (Å²) in [6, 6.07) is 23.5. The predicted octanol–water partition coefficient (Wildman–Crippen LogP) is 5.39. The number of nitrogens with one attached hydrogen (secondary N) is 3. The Morgan fingerprint density at radius 1 is 0.882 bits per heavy atom. The molecular formula is C24H20Cl3N3O3S. The third-order valence-electron chi connectivity index (χ3n) is 4.70. The summed E-state index contributed by atoms with van der Waals surface area (Å²) in [6.45, 7) is 0. The SMILES string of the molecule is O=C(Cc1ccc(-c2ccccc2)cc1)NC(NC(=S)Nc1cccc(C(=O)O)c1)C(Cl)(Cl)Cl. The largest absolute Gasteiger partial charge is 0.478 e. The van der Waals surface area contributed by atoms with Gasteiger partial charge in [-0.1, -0.05) is 95.5 Å². The van der Waals surface area contributed by atoms with Gasteiger partial charge in [-0.3, -0.25) is 4.79 Å². The second kappa shape index (κ2) is 11.5. The number of carboxylic acids is 1. The average Bonchev–Trinajstić information content (AvgIpc) is 2.79. The van der Waals surface area contributed by atoms with Gasteiger partial charge in [0.1, 0.15) is 6.17 Å². The van der Waals surface area contributed by atoms with Crippen molar-refractivity contribution in [1.29, 1.82) is 0 Å². The highest BCUT2D eigenvalue weighted by Gasteiger charge is 2.34. The molecule has 176 valence electrons. The molecule has 0 radical (unpaired) electrons. The second-order valence-electron chi connectivity index (χ2n) is 7.27. The first-order valence-electron chi connectivity index (χ1n) is 10.0. The van der Waals surface area contributed by atoms with Crippen molar-refractivity contribution in [2.75, 3.05) is 5.32 Å². The molecule has 34 heavy (non-hydrogen) atoms. The van der Waals surface area contributed by atoms with Crippen molar-refractivity contribution in [3.63, 3.8) is 0 Å². The Hall–Kier alpha value is -2.84. The maximum absolute atomic E-state index is 12.6. The fraction of sp³-hybridized carbons (Fsp3) is 0.125. The molecule has 3 aromatic carbocycles. The summed E-state index contributed by atoms with van der Waals surface area (Å²) in [5, 5.41) is 17.3. The number of aromatic carboxylic acids is 1. The second-order valence-corrected chi connectivity index (χ2v) is 10.0. The number of halogens is 3. The average molecular weight is 537 g/mol. The van der Waals surface area contributed by atoms with Gasteiger partial charge in [-0.05, 0) is 47.1 Å². The van der Waals surface area contributed by atoms with E-state index < -0.39 is 15.9 Å². The van der Waals surface area contributed by atoms with Crippen LogP contribution in [0.4, 0.5) is 5.69 Å².